The predicted molar refractivity (Wildman–Crippen MR) is 87.1 cm³/mol. The number of benzene rings is 1. The molecule has 21 heavy (non-hydrogen) atoms. The van der Waals surface area contributed by atoms with E-state index < -0.39 is 10.0 Å². The molecule has 0 atom stereocenters. The van der Waals surface area contributed by atoms with Gasteiger partial charge in [0.1, 0.15) is 0 Å². The molecule has 0 bridgehead atoms. The van der Waals surface area contributed by atoms with Gasteiger partial charge in [-0.15, -0.1) is 0 Å². The first-order valence-corrected chi connectivity index (χ1v) is 8.62. The Kier molecular flexibility index (Phi) is 6.41. The van der Waals surface area contributed by atoms with Crippen LogP contribution in [0.15, 0.2) is 24.3 Å². The lowest BCUT2D eigenvalue weighted by atomic mass is 9.94. The minimum atomic E-state index is -3.23. The fraction of sp³-hybridized carbons (Fsp3) is 0.500. The number of nitrogens with two attached hydrogens (primary N) is 1. The van der Waals surface area contributed by atoms with Crippen molar-refractivity contribution >= 4 is 10.0 Å². The number of rotatable bonds is 5. The number of sulfonamides is 1. The molecule has 0 amide bonds. The monoisotopic (exact) mass is 308 g/mol. The van der Waals surface area contributed by atoms with Crippen molar-refractivity contribution < 1.29 is 8.42 Å². The molecule has 0 fully saturated rings. The minimum Gasteiger partial charge on any atom is -0.320 e. The Bertz CT molecular complexity index is 602. The molecule has 0 aliphatic carbocycles. The molecule has 0 aromatic heterocycles. The topological polar surface area (TPSA) is 72.2 Å². The standard InChI is InChI=1S/C16H24N2O2S/c1-16(2,3)10-12-21(19,20)18-13-15-8-6-14(7-9-15)5-4-11-17/h6-9,18H,10-13,17H2,1-3H3. The van der Waals surface area contributed by atoms with E-state index in [0.29, 0.717) is 19.5 Å². The summed E-state index contributed by atoms with van der Waals surface area (Å²) in [6.45, 7) is 6.73. The number of nitrogens with one attached hydrogen (secondary N) is 1. The summed E-state index contributed by atoms with van der Waals surface area (Å²) in [5.74, 6) is 5.85. The van der Waals surface area contributed by atoms with Crippen LogP contribution in [0.1, 0.15) is 38.3 Å². The second-order valence-corrected chi connectivity index (χ2v) is 8.08. The molecule has 0 heterocycles. The van der Waals surface area contributed by atoms with Crippen molar-refractivity contribution in [3.8, 4) is 11.8 Å². The third-order valence-corrected chi connectivity index (χ3v) is 4.23. The number of hydrogen-bond donors (Lipinski definition) is 2. The molecule has 0 saturated carbocycles. The van der Waals surface area contributed by atoms with Gasteiger partial charge in [0.25, 0.3) is 0 Å². The molecule has 3 N–H and O–H groups in total. The van der Waals surface area contributed by atoms with E-state index in [9.17, 15) is 8.42 Å². The molecular weight excluding hydrogens is 284 g/mol. The Hall–Kier alpha value is -1.35. The maximum absolute atomic E-state index is 11.9. The molecule has 0 aliphatic heterocycles. The van der Waals surface area contributed by atoms with E-state index in [0.717, 1.165) is 11.1 Å². The third kappa shape index (κ3) is 7.86. The van der Waals surface area contributed by atoms with Crippen LogP contribution in [0.4, 0.5) is 0 Å². The Morgan fingerprint density at radius 1 is 1.19 bits per heavy atom. The highest BCUT2D eigenvalue weighted by Crippen LogP contribution is 2.19. The summed E-state index contributed by atoms with van der Waals surface area (Å²) in [5, 5.41) is 0. The van der Waals surface area contributed by atoms with Crippen LogP contribution < -0.4 is 10.5 Å². The van der Waals surface area contributed by atoms with Crippen molar-refractivity contribution in [2.24, 2.45) is 11.1 Å². The number of hydrogen-bond acceptors (Lipinski definition) is 3. The highest BCUT2D eigenvalue weighted by molar-refractivity contribution is 7.89. The normalized spacial score (nSPS) is 11.8. The first-order chi connectivity index (χ1) is 9.72. The van der Waals surface area contributed by atoms with Crippen LogP contribution in [0.3, 0.4) is 0 Å². The van der Waals surface area contributed by atoms with Gasteiger partial charge in [-0.2, -0.15) is 0 Å². The molecule has 4 nitrogen and oxygen atoms in total. The summed E-state index contributed by atoms with van der Waals surface area (Å²) in [7, 11) is -3.23. The zero-order chi connectivity index (χ0) is 15.9. The molecule has 116 valence electrons. The van der Waals surface area contributed by atoms with Crippen molar-refractivity contribution in [2.45, 2.75) is 33.7 Å². The maximum atomic E-state index is 11.9. The average Bonchev–Trinajstić information content (AvgIpc) is 2.41. The largest absolute Gasteiger partial charge is 0.320 e. The molecule has 1 aromatic carbocycles. The summed E-state index contributed by atoms with van der Waals surface area (Å²) in [5.41, 5.74) is 7.11. The first-order valence-electron chi connectivity index (χ1n) is 6.97. The van der Waals surface area contributed by atoms with Crippen LogP contribution >= 0.6 is 0 Å². The van der Waals surface area contributed by atoms with Gasteiger partial charge in [-0.05, 0) is 29.5 Å². The van der Waals surface area contributed by atoms with E-state index in [2.05, 4.69) is 16.6 Å². The fourth-order valence-electron chi connectivity index (χ4n) is 1.57. The van der Waals surface area contributed by atoms with Crippen molar-refractivity contribution in [1.82, 2.24) is 4.72 Å². The van der Waals surface area contributed by atoms with Crippen LogP contribution in [0.2, 0.25) is 0 Å². The van der Waals surface area contributed by atoms with Gasteiger partial charge in [0.2, 0.25) is 10.0 Å². The lowest BCUT2D eigenvalue weighted by Crippen LogP contribution is -2.28. The summed E-state index contributed by atoms with van der Waals surface area (Å²) >= 11 is 0. The van der Waals surface area contributed by atoms with Crippen molar-refractivity contribution in [2.75, 3.05) is 12.3 Å². The molecular formula is C16H24N2O2S. The van der Waals surface area contributed by atoms with Crippen molar-refractivity contribution in [1.29, 1.82) is 0 Å². The second kappa shape index (κ2) is 7.60. The summed E-state index contributed by atoms with van der Waals surface area (Å²) in [4.78, 5) is 0. The van der Waals surface area contributed by atoms with Crippen LogP contribution in [0, 0.1) is 17.3 Å². The van der Waals surface area contributed by atoms with Gasteiger partial charge in [0, 0.05) is 12.1 Å². The Morgan fingerprint density at radius 3 is 2.33 bits per heavy atom. The lowest BCUT2D eigenvalue weighted by molar-refractivity contribution is 0.396. The van der Waals surface area contributed by atoms with Crippen molar-refractivity contribution in [3.63, 3.8) is 0 Å². The van der Waals surface area contributed by atoms with Gasteiger partial charge >= 0.3 is 0 Å². The highest BCUT2D eigenvalue weighted by atomic mass is 32.2. The van der Waals surface area contributed by atoms with E-state index >= 15 is 0 Å². The van der Waals surface area contributed by atoms with E-state index in [1.165, 1.54) is 0 Å². The first kappa shape index (κ1) is 17.7. The Labute approximate surface area is 128 Å². The second-order valence-electron chi connectivity index (χ2n) is 6.15. The summed E-state index contributed by atoms with van der Waals surface area (Å²) in [6.07, 6.45) is 0.635. The Morgan fingerprint density at radius 2 is 1.81 bits per heavy atom. The van der Waals surface area contributed by atoms with E-state index in [1.807, 2.05) is 45.0 Å². The summed E-state index contributed by atoms with van der Waals surface area (Å²) < 4.78 is 26.4. The lowest BCUT2D eigenvalue weighted by Gasteiger charge is -2.17. The molecule has 0 spiro atoms. The maximum Gasteiger partial charge on any atom is 0.211 e. The van der Waals surface area contributed by atoms with E-state index in [-0.39, 0.29) is 11.2 Å². The molecule has 0 aliphatic rings. The smallest absolute Gasteiger partial charge is 0.211 e. The van der Waals surface area contributed by atoms with Gasteiger partial charge < -0.3 is 5.73 Å². The summed E-state index contributed by atoms with van der Waals surface area (Å²) in [6, 6.07) is 7.46. The van der Waals surface area contributed by atoms with Crippen LogP contribution in [-0.2, 0) is 16.6 Å². The molecule has 1 aromatic rings. The molecule has 5 heteroatoms. The SMILES string of the molecule is CC(C)(C)CCS(=O)(=O)NCc1ccc(C#CCN)cc1. The van der Waals surface area contributed by atoms with E-state index in [1.54, 1.807) is 0 Å². The minimum absolute atomic E-state index is 0.0120. The van der Waals surface area contributed by atoms with E-state index in [4.69, 9.17) is 5.73 Å². The zero-order valence-corrected chi connectivity index (χ0v) is 13.8. The van der Waals surface area contributed by atoms with Crippen molar-refractivity contribution in [3.05, 3.63) is 35.4 Å². The molecule has 0 unspecified atom stereocenters. The Balaban J connectivity index is 2.54. The highest BCUT2D eigenvalue weighted by Gasteiger charge is 2.16. The fourth-order valence-corrected chi connectivity index (χ4v) is 2.98. The molecule has 0 radical (unpaired) electrons. The molecule has 1 rings (SSSR count). The molecule has 0 saturated heterocycles. The zero-order valence-electron chi connectivity index (χ0n) is 12.9. The van der Waals surface area contributed by atoms with Gasteiger partial charge in [-0.25, -0.2) is 13.1 Å². The third-order valence-electron chi connectivity index (χ3n) is 2.91. The quantitative estimate of drug-likeness (QED) is 0.815. The van der Waals surface area contributed by atoms with Gasteiger partial charge in [0.05, 0.1) is 12.3 Å². The van der Waals surface area contributed by atoms with Gasteiger partial charge in [-0.3, -0.25) is 0 Å². The van der Waals surface area contributed by atoms with Crippen LogP contribution in [0.5, 0.6) is 0 Å². The van der Waals surface area contributed by atoms with Gasteiger partial charge in [0.15, 0.2) is 0 Å². The predicted octanol–water partition coefficient (Wildman–Crippen LogP) is 1.85. The van der Waals surface area contributed by atoms with Crippen LogP contribution in [0.25, 0.3) is 0 Å². The van der Waals surface area contributed by atoms with Gasteiger partial charge in [-0.1, -0.05) is 44.7 Å². The van der Waals surface area contributed by atoms with Crippen LogP contribution in [-0.4, -0.2) is 20.7 Å². The average molecular weight is 308 g/mol.